The normalized spacial score (nSPS) is 14.6. The van der Waals surface area contributed by atoms with Crippen molar-refractivity contribution >= 4 is 26.5 Å². The molecule has 0 saturated carbocycles. The lowest BCUT2D eigenvalue weighted by Gasteiger charge is -2.29. The van der Waals surface area contributed by atoms with E-state index in [1.807, 2.05) is 0 Å². The van der Waals surface area contributed by atoms with E-state index in [0.29, 0.717) is 12.1 Å². The van der Waals surface area contributed by atoms with Gasteiger partial charge < -0.3 is 0 Å². The molecule has 1 aromatic carbocycles. The van der Waals surface area contributed by atoms with Crippen molar-refractivity contribution in [2.45, 2.75) is 23.7 Å². The molecule has 0 spiro atoms. The molecule has 0 aliphatic rings. The molecule has 1 rings (SSSR count). The maximum atomic E-state index is 12.7. The van der Waals surface area contributed by atoms with Gasteiger partial charge in [0, 0.05) is 10.6 Å². The molecule has 0 aromatic heterocycles. The predicted octanol–water partition coefficient (Wildman–Crippen LogP) is 5.98. The molecule has 14 heteroatoms. The zero-order chi connectivity index (χ0) is 19.1. The summed E-state index contributed by atoms with van der Waals surface area (Å²) < 4.78 is 152. The van der Waals surface area contributed by atoms with Crippen LogP contribution < -0.4 is 10.6 Å². The van der Waals surface area contributed by atoms with Crippen molar-refractivity contribution < 1.29 is 52.7 Å². The first-order valence-electron chi connectivity index (χ1n) is 5.44. The largest absolute Gasteiger partial charge is 0.418 e. The lowest BCUT2D eigenvalue weighted by Crippen LogP contribution is -2.38. The molecule has 0 fully saturated rings. The summed E-state index contributed by atoms with van der Waals surface area (Å²) in [5, 5.41) is -4.10. The lowest BCUT2D eigenvalue weighted by molar-refractivity contribution is -0.0836. The van der Waals surface area contributed by atoms with Crippen LogP contribution in [0.4, 0.5) is 52.7 Å². The molecule has 1 aromatic rings. The van der Waals surface area contributed by atoms with E-state index in [4.69, 9.17) is 0 Å². The first kappa shape index (κ1) is 21.3. The lowest BCUT2D eigenvalue weighted by atomic mass is 10.4. The Morgan fingerprint density at radius 2 is 0.667 bits per heavy atom. The van der Waals surface area contributed by atoms with E-state index < -0.39 is 50.1 Å². The zero-order valence-corrected chi connectivity index (χ0v) is 12.5. The van der Waals surface area contributed by atoms with Crippen molar-refractivity contribution in [3.8, 4) is 0 Å². The predicted molar refractivity (Wildman–Crippen MR) is 63.8 cm³/mol. The standard InChI is InChI=1S/C10H4F12P2/c11-7(12,13)23(8(14,15)16)5-3-1-2-4-6(5)24(9(17,18)19)10(20,21)22/h1-4H. The van der Waals surface area contributed by atoms with Crippen LogP contribution in [0.15, 0.2) is 24.3 Å². The molecular formula is C10H4F12P2. The number of alkyl halides is 12. The van der Waals surface area contributed by atoms with E-state index in [0.717, 1.165) is 0 Å². The summed E-state index contributed by atoms with van der Waals surface area (Å²) in [5.41, 5.74) is 0. The van der Waals surface area contributed by atoms with Gasteiger partial charge in [-0.1, -0.05) is 24.3 Å². The van der Waals surface area contributed by atoms with Crippen LogP contribution in [0.2, 0.25) is 0 Å². The van der Waals surface area contributed by atoms with Gasteiger partial charge in [-0.2, -0.15) is 52.7 Å². The third-order valence-corrected chi connectivity index (χ3v) is 6.33. The van der Waals surface area contributed by atoms with E-state index in [1.165, 1.54) is 0 Å². The van der Waals surface area contributed by atoms with Gasteiger partial charge in [0.25, 0.3) is 0 Å². The Balaban J connectivity index is 3.71. The van der Waals surface area contributed by atoms with Crippen molar-refractivity contribution in [3.05, 3.63) is 24.3 Å². The highest BCUT2D eigenvalue weighted by atomic mass is 31.1. The SMILES string of the molecule is FC(F)(F)P(c1ccccc1P(C(F)(F)F)C(F)(F)F)C(F)(F)F. The van der Waals surface area contributed by atoms with E-state index in [9.17, 15) is 52.7 Å². The van der Waals surface area contributed by atoms with Crippen molar-refractivity contribution in [3.63, 3.8) is 0 Å². The molecule has 0 aliphatic heterocycles. The van der Waals surface area contributed by atoms with Gasteiger partial charge in [0.05, 0.1) is 0 Å². The third-order valence-electron chi connectivity index (χ3n) is 2.38. The Kier molecular flexibility index (Phi) is 5.78. The Bertz CT molecular complexity index is 488. The van der Waals surface area contributed by atoms with Gasteiger partial charge in [-0.25, -0.2) is 0 Å². The van der Waals surface area contributed by atoms with Gasteiger partial charge in [-0.15, -0.1) is 0 Å². The molecule has 0 nitrogen and oxygen atoms in total. The maximum absolute atomic E-state index is 12.7. The molecule has 0 unspecified atom stereocenters. The molecular weight excluding hydrogens is 410 g/mol. The molecule has 0 saturated heterocycles. The number of halogens is 12. The van der Waals surface area contributed by atoms with Crippen LogP contribution in [-0.4, -0.2) is 23.7 Å². The van der Waals surface area contributed by atoms with E-state index in [-0.39, 0.29) is 12.1 Å². The quantitative estimate of drug-likeness (QED) is 0.413. The summed E-state index contributed by atoms with van der Waals surface area (Å²) in [6.07, 6.45) is 0. The Labute approximate surface area is 128 Å². The second-order valence-corrected chi connectivity index (χ2v) is 8.36. The van der Waals surface area contributed by atoms with Gasteiger partial charge in [0.2, 0.25) is 0 Å². The molecule has 24 heavy (non-hydrogen) atoms. The molecule has 0 N–H and O–H groups in total. The Hall–Kier alpha value is -0.760. The summed E-state index contributed by atoms with van der Waals surface area (Å²) in [7, 11) is -10.5. The van der Waals surface area contributed by atoms with Crippen LogP contribution in [-0.2, 0) is 0 Å². The number of rotatable bonds is 2. The monoisotopic (exact) mass is 414 g/mol. The van der Waals surface area contributed by atoms with Gasteiger partial charge in [-0.3, -0.25) is 0 Å². The summed E-state index contributed by atoms with van der Waals surface area (Å²) in [4.78, 5) is 0. The van der Waals surface area contributed by atoms with Crippen LogP contribution >= 0.6 is 15.8 Å². The van der Waals surface area contributed by atoms with Crippen LogP contribution in [0.25, 0.3) is 0 Å². The fourth-order valence-corrected chi connectivity index (χ4v) is 5.02. The van der Waals surface area contributed by atoms with Gasteiger partial charge in [0.15, 0.2) is 0 Å². The van der Waals surface area contributed by atoms with Crippen molar-refractivity contribution in [1.82, 2.24) is 0 Å². The zero-order valence-electron chi connectivity index (χ0n) is 10.7. The van der Waals surface area contributed by atoms with Crippen LogP contribution in [0.1, 0.15) is 0 Å². The molecule has 138 valence electrons. The number of hydrogen-bond donors (Lipinski definition) is 0. The molecule has 0 amide bonds. The van der Waals surface area contributed by atoms with Crippen LogP contribution in [0, 0.1) is 0 Å². The molecule has 0 heterocycles. The second-order valence-electron chi connectivity index (χ2n) is 4.03. The summed E-state index contributed by atoms with van der Waals surface area (Å²) >= 11 is 0. The van der Waals surface area contributed by atoms with Crippen molar-refractivity contribution in [2.75, 3.05) is 0 Å². The summed E-state index contributed by atoms with van der Waals surface area (Å²) in [5.74, 6) is -24.2. The average Bonchev–Trinajstić information content (AvgIpc) is 2.23. The highest BCUT2D eigenvalue weighted by Crippen LogP contribution is 2.67. The topological polar surface area (TPSA) is 0 Å². The van der Waals surface area contributed by atoms with Gasteiger partial charge in [0.1, 0.15) is 15.8 Å². The first-order valence-corrected chi connectivity index (χ1v) is 8.12. The minimum absolute atomic E-state index is 0.00513. The Morgan fingerprint density at radius 3 is 0.833 bits per heavy atom. The summed E-state index contributed by atoms with van der Waals surface area (Å²) in [6, 6.07) is 1.03. The van der Waals surface area contributed by atoms with Crippen LogP contribution in [0.5, 0.6) is 0 Å². The van der Waals surface area contributed by atoms with Crippen LogP contribution in [0.3, 0.4) is 0 Å². The average molecular weight is 414 g/mol. The smallest absolute Gasteiger partial charge is 0.166 e. The van der Waals surface area contributed by atoms with Gasteiger partial charge in [-0.05, 0) is 0 Å². The fraction of sp³-hybridized carbons (Fsp3) is 0.400. The summed E-state index contributed by atoms with van der Waals surface area (Å²) in [6.45, 7) is 0. The highest BCUT2D eigenvalue weighted by molar-refractivity contribution is 7.73. The van der Waals surface area contributed by atoms with E-state index in [2.05, 4.69) is 0 Å². The first-order chi connectivity index (χ1) is 10.5. The van der Waals surface area contributed by atoms with Gasteiger partial charge >= 0.3 is 23.7 Å². The number of hydrogen-bond acceptors (Lipinski definition) is 0. The van der Waals surface area contributed by atoms with Crippen molar-refractivity contribution in [2.24, 2.45) is 0 Å². The molecule has 0 radical (unpaired) electrons. The highest BCUT2D eigenvalue weighted by Gasteiger charge is 2.63. The fourth-order valence-electron chi connectivity index (χ4n) is 1.68. The van der Waals surface area contributed by atoms with Crippen molar-refractivity contribution in [1.29, 1.82) is 0 Å². The number of benzene rings is 1. The minimum Gasteiger partial charge on any atom is -0.166 e. The third kappa shape index (κ3) is 4.88. The maximum Gasteiger partial charge on any atom is 0.418 e. The molecule has 0 aliphatic carbocycles. The second kappa shape index (κ2) is 6.52. The Morgan fingerprint density at radius 1 is 0.458 bits per heavy atom. The van der Waals surface area contributed by atoms with E-state index in [1.54, 1.807) is 0 Å². The molecule has 0 atom stereocenters. The van der Waals surface area contributed by atoms with E-state index >= 15 is 0 Å². The molecule has 0 bridgehead atoms. The minimum atomic E-state index is -6.05.